The minimum atomic E-state index is -0.475. The topological polar surface area (TPSA) is 56.2 Å². The van der Waals surface area contributed by atoms with Crippen molar-refractivity contribution in [3.63, 3.8) is 0 Å². The Hall–Kier alpha value is -2.14. The van der Waals surface area contributed by atoms with Crippen LogP contribution in [0.5, 0.6) is 0 Å². The maximum absolute atomic E-state index is 12.5. The van der Waals surface area contributed by atoms with Crippen molar-refractivity contribution in [3.8, 4) is 5.69 Å². The largest absolute Gasteiger partial charge is 0.459 e. The molecule has 0 saturated heterocycles. The summed E-state index contributed by atoms with van der Waals surface area (Å²) in [5.41, 5.74) is 1.71. The molecule has 136 valence electrons. The van der Waals surface area contributed by atoms with Crippen LogP contribution in [0.2, 0.25) is 0 Å². The van der Waals surface area contributed by atoms with Crippen molar-refractivity contribution in [3.05, 3.63) is 48.5 Å². The van der Waals surface area contributed by atoms with Gasteiger partial charge >= 0.3 is 5.97 Å². The molecule has 5 nitrogen and oxygen atoms in total. The molecule has 0 aliphatic carbocycles. The summed E-state index contributed by atoms with van der Waals surface area (Å²) in [7, 11) is 0. The molecule has 5 heteroatoms. The molecule has 1 aromatic heterocycles. The van der Waals surface area contributed by atoms with Gasteiger partial charge in [-0.25, -0.2) is 4.98 Å². The Bertz CT molecular complexity index is 657. The number of nitrogens with one attached hydrogen (secondary N) is 1. The van der Waals surface area contributed by atoms with Crippen LogP contribution in [-0.4, -0.2) is 27.2 Å². The molecule has 1 heterocycles. The minimum absolute atomic E-state index is 0.183. The van der Waals surface area contributed by atoms with Crippen molar-refractivity contribution in [1.29, 1.82) is 0 Å². The van der Waals surface area contributed by atoms with Gasteiger partial charge in [0, 0.05) is 24.6 Å². The van der Waals surface area contributed by atoms with Crippen LogP contribution in [0.25, 0.3) is 5.69 Å². The van der Waals surface area contributed by atoms with Gasteiger partial charge in [0.05, 0.1) is 6.33 Å². The number of aromatic nitrogens is 2. The molecule has 0 aliphatic heterocycles. The number of rotatable bonds is 7. The molecule has 0 fully saturated rings. The fourth-order valence-electron chi connectivity index (χ4n) is 2.54. The first-order chi connectivity index (χ1) is 11.8. The monoisotopic (exact) mass is 343 g/mol. The maximum Gasteiger partial charge on any atom is 0.323 e. The van der Waals surface area contributed by atoms with E-state index in [1.54, 1.807) is 12.5 Å². The molecule has 25 heavy (non-hydrogen) atoms. The lowest BCUT2D eigenvalue weighted by Crippen LogP contribution is -2.45. The van der Waals surface area contributed by atoms with E-state index in [1.165, 1.54) is 0 Å². The highest BCUT2D eigenvalue weighted by Crippen LogP contribution is 2.16. The standard InChI is InChI=1S/C20H29N3O2/c1-6-15(2)18(19(24)25-20(3,4)5)22-13-16-7-9-17(10-8-16)23-12-11-21-14-23/h7-12,14-15,18,22H,6,13H2,1-5H3/t15-,18-/m0/s1. The number of hydrogen-bond acceptors (Lipinski definition) is 4. The molecular formula is C20H29N3O2. The lowest BCUT2D eigenvalue weighted by atomic mass is 9.98. The molecule has 1 aromatic carbocycles. The van der Waals surface area contributed by atoms with Crippen molar-refractivity contribution < 1.29 is 9.53 Å². The first-order valence-corrected chi connectivity index (χ1v) is 8.83. The zero-order chi connectivity index (χ0) is 18.4. The molecule has 0 spiro atoms. The van der Waals surface area contributed by atoms with Gasteiger partial charge in [-0.05, 0) is 44.4 Å². The Kier molecular flexibility index (Phi) is 6.37. The molecule has 0 amide bonds. The number of carbonyl (C=O) groups excluding carboxylic acids is 1. The van der Waals surface area contributed by atoms with Gasteiger partial charge in [-0.1, -0.05) is 32.4 Å². The van der Waals surface area contributed by atoms with Crippen LogP contribution >= 0.6 is 0 Å². The lowest BCUT2D eigenvalue weighted by Gasteiger charge is -2.27. The van der Waals surface area contributed by atoms with Gasteiger partial charge in [-0.2, -0.15) is 0 Å². The number of benzene rings is 1. The molecule has 0 bridgehead atoms. The van der Waals surface area contributed by atoms with Crippen molar-refractivity contribution in [2.75, 3.05) is 0 Å². The van der Waals surface area contributed by atoms with E-state index in [1.807, 2.05) is 43.7 Å². The molecule has 0 aliphatic rings. The predicted molar refractivity (Wildman–Crippen MR) is 99.5 cm³/mol. The number of hydrogen-bond donors (Lipinski definition) is 1. The van der Waals surface area contributed by atoms with E-state index in [2.05, 4.69) is 36.3 Å². The third kappa shape index (κ3) is 5.71. The van der Waals surface area contributed by atoms with E-state index in [0.717, 1.165) is 17.7 Å². The normalized spacial score (nSPS) is 14.1. The van der Waals surface area contributed by atoms with Crippen molar-refractivity contribution in [2.24, 2.45) is 5.92 Å². The highest BCUT2D eigenvalue weighted by molar-refractivity contribution is 5.76. The lowest BCUT2D eigenvalue weighted by molar-refractivity contribution is -0.159. The smallest absolute Gasteiger partial charge is 0.323 e. The second kappa shape index (κ2) is 8.30. The Morgan fingerprint density at radius 2 is 1.96 bits per heavy atom. The van der Waals surface area contributed by atoms with Crippen LogP contribution in [0, 0.1) is 5.92 Å². The van der Waals surface area contributed by atoms with E-state index in [0.29, 0.717) is 6.54 Å². The first kappa shape index (κ1) is 19.2. The summed E-state index contributed by atoms with van der Waals surface area (Å²) in [6, 6.07) is 7.91. The van der Waals surface area contributed by atoms with Gasteiger partial charge in [0.25, 0.3) is 0 Å². The molecular weight excluding hydrogens is 314 g/mol. The number of imidazole rings is 1. The van der Waals surface area contributed by atoms with Gasteiger partial charge in [-0.15, -0.1) is 0 Å². The second-order valence-electron chi connectivity index (χ2n) is 7.41. The Morgan fingerprint density at radius 1 is 1.28 bits per heavy atom. The summed E-state index contributed by atoms with van der Waals surface area (Å²) in [4.78, 5) is 16.6. The van der Waals surface area contributed by atoms with Crippen LogP contribution in [0.15, 0.2) is 43.0 Å². The predicted octanol–water partition coefficient (Wildman–Crippen LogP) is 3.72. The van der Waals surface area contributed by atoms with Crippen molar-refractivity contribution in [2.45, 2.75) is 59.2 Å². The summed E-state index contributed by atoms with van der Waals surface area (Å²) < 4.78 is 7.53. The average Bonchev–Trinajstić information content (AvgIpc) is 3.08. The third-order valence-corrected chi connectivity index (χ3v) is 4.14. The summed E-state index contributed by atoms with van der Waals surface area (Å²) in [5, 5.41) is 3.37. The van der Waals surface area contributed by atoms with Gasteiger partial charge in [0.2, 0.25) is 0 Å². The second-order valence-corrected chi connectivity index (χ2v) is 7.41. The number of nitrogens with zero attached hydrogens (tertiary/aromatic N) is 2. The van der Waals surface area contributed by atoms with Crippen molar-refractivity contribution in [1.82, 2.24) is 14.9 Å². The molecule has 0 unspecified atom stereocenters. The number of ether oxygens (including phenoxy) is 1. The summed E-state index contributed by atoms with van der Waals surface area (Å²) in [6.45, 7) is 10.5. The fraction of sp³-hybridized carbons (Fsp3) is 0.500. The molecule has 2 rings (SSSR count). The van der Waals surface area contributed by atoms with E-state index in [9.17, 15) is 4.79 Å². The maximum atomic E-state index is 12.5. The highest BCUT2D eigenvalue weighted by Gasteiger charge is 2.28. The first-order valence-electron chi connectivity index (χ1n) is 8.83. The van der Waals surface area contributed by atoms with Gasteiger partial charge in [0.1, 0.15) is 11.6 Å². The van der Waals surface area contributed by atoms with Crippen LogP contribution < -0.4 is 5.32 Å². The summed E-state index contributed by atoms with van der Waals surface area (Å²) in [5.74, 6) is 0.0250. The molecule has 0 saturated carbocycles. The third-order valence-electron chi connectivity index (χ3n) is 4.14. The summed E-state index contributed by atoms with van der Waals surface area (Å²) >= 11 is 0. The average molecular weight is 343 g/mol. The van der Waals surface area contributed by atoms with Gasteiger partial charge < -0.3 is 14.6 Å². The Balaban J connectivity index is 2.01. The van der Waals surface area contributed by atoms with Gasteiger partial charge in [-0.3, -0.25) is 4.79 Å². The number of carbonyl (C=O) groups is 1. The minimum Gasteiger partial charge on any atom is -0.459 e. The molecule has 2 aromatic rings. The van der Waals surface area contributed by atoms with E-state index in [-0.39, 0.29) is 17.9 Å². The number of esters is 1. The van der Waals surface area contributed by atoms with Crippen LogP contribution in [0.3, 0.4) is 0 Å². The van der Waals surface area contributed by atoms with Crippen molar-refractivity contribution >= 4 is 5.97 Å². The zero-order valence-electron chi connectivity index (χ0n) is 15.8. The van der Waals surface area contributed by atoms with Gasteiger partial charge in [0.15, 0.2) is 0 Å². The van der Waals surface area contributed by atoms with Crippen LogP contribution in [-0.2, 0) is 16.1 Å². The Morgan fingerprint density at radius 3 is 2.48 bits per heavy atom. The Labute approximate surface area is 150 Å². The highest BCUT2D eigenvalue weighted by atomic mass is 16.6. The molecule has 2 atom stereocenters. The fourth-order valence-corrected chi connectivity index (χ4v) is 2.54. The SMILES string of the molecule is CC[C@H](C)[C@H](NCc1ccc(-n2ccnc2)cc1)C(=O)OC(C)(C)C. The van der Waals surface area contributed by atoms with E-state index >= 15 is 0 Å². The molecule has 0 radical (unpaired) electrons. The van der Waals surface area contributed by atoms with E-state index in [4.69, 9.17) is 4.74 Å². The summed E-state index contributed by atoms with van der Waals surface area (Å²) in [6.07, 6.45) is 6.35. The zero-order valence-corrected chi connectivity index (χ0v) is 15.8. The van der Waals surface area contributed by atoms with E-state index < -0.39 is 5.60 Å². The quantitative estimate of drug-likeness (QED) is 0.779. The van der Waals surface area contributed by atoms with Crippen LogP contribution in [0.1, 0.15) is 46.6 Å². The van der Waals surface area contributed by atoms with Crippen LogP contribution in [0.4, 0.5) is 0 Å². The molecule has 1 N–H and O–H groups in total.